The number of rotatable bonds is 6. The third kappa shape index (κ3) is 5.00. The molecule has 0 spiro atoms. The van der Waals surface area contributed by atoms with Gasteiger partial charge in [-0.15, -0.1) is 0 Å². The third-order valence-corrected chi connectivity index (χ3v) is 5.58. The summed E-state index contributed by atoms with van der Waals surface area (Å²) < 4.78 is 250. The third-order valence-electron chi connectivity index (χ3n) is 5.58. The summed E-state index contributed by atoms with van der Waals surface area (Å²) in [5.41, 5.74) is -7.78. The van der Waals surface area contributed by atoms with E-state index < -0.39 is 134 Å². The SMILES string of the molecule is Fc1cc(F)c(F)c(OB(Oc2c(F)c(F)c(F)c(F)c2-c2c(F)c(F)c(F)c(F)c2F)c2c(F)c(F)c(F)c(F)c2F)c1. The monoisotopic (exact) mass is 656 g/mol. The van der Waals surface area contributed by atoms with E-state index in [1.54, 1.807) is 0 Å². The van der Waals surface area contributed by atoms with Gasteiger partial charge in [-0.2, -0.15) is 8.78 Å². The van der Waals surface area contributed by atoms with E-state index in [-0.39, 0.29) is 12.1 Å². The van der Waals surface area contributed by atoms with Crippen LogP contribution >= 0.6 is 0 Å². The van der Waals surface area contributed by atoms with E-state index in [1.807, 2.05) is 0 Å². The first-order valence-electron chi connectivity index (χ1n) is 10.8. The minimum atomic E-state index is -3.80. The molecule has 4 rings (SSSR count). The maximum Gasteiger partial charge on any atom is 0.639 e. The van der Waals surface area contributed by atoms with Crippen molar-refractivity contribution in [3.63, 3.8) is 0 Å². The summed E-state index contributed by atoms with van der Waals surface area (Å²) in [5, 5.41) is 0. The molecule has 0 amide bonds. The van der Waals surface area contributed by atoms with Crippen molar-refractivity contribution >= 4 is 12.6 Å². The highest BCUT2D eigenvalue weighted by Crippen LogP contribution is 2.43. The van der Waals surface area contributed by atoms with Crippen molar-refractivity contribution in [1.82, 2.24) is 0 Å². The fourth-order valence-electron chi connectivity index (χ4n) is 3.58. The second-order valence-electron chi connectivity index (χ2n) is 8.16. The van der Waals surface area contributed by atoms with E-state index in [9.17, 15) is 74.6 Å². The highest BCUT2D eigenvalue weighted by atomic mass is 19.2. The van der Waals surface area contributed by atoms with E-state index >= 15 is 0 Å². The summed E-state index contributed by atoms with van der Waals surface area (Å²) in [6.07, 6.45) is 0. The molecule has 232 valence electrons. The summed E-state index contributed by atoms with van der Waals surface area (Å²) in [6.45, 7) is 0. The van der Waals surface area contributed by atoms with E-state index in [0.717, 1.165) is 0 Å². The highest BCUT2D eigenvalue weighted by Gasteiger charge is 2.43. The molecule has 0 radical (unpaired) electrons. The van der Waals surface area contributed by atoms with Crippen molar-refractivity contribution < 1.29 is 83.9 Å². The molecule has 0 bridgehead atoms. The Labute approximate surface area is 231 Å². The summed E-state index contributed by atoms with van der Waals surface area (Å²) in [5.74, 6) is -52.7. The molecule has 20 heteroatoms. The molecule has 44 heavy (non-hydrogen) atoms. The van der Waals surface area contributed by atoms with E-state index in [1.165, 1.54) is 0 Å². The first-order chi connectivity index (χ1) is 20.4. The minimum Gasteiger partial charge on any atom is -0.519 e. The molecule has 0 aliphatic heterocycles. The second-order valence-corrected chi connectivity index (χ2v) is 8.16. The van der Waals surface area contributed by atoms with Gasteiger partial charge in [0.15, 0.2) is 81.4 Å². The van der Waals surface area contributed by atoms with Crippen LogP contribution in [-0.4, -0.2) is 7.12 Å². The van der Waals surface area contributed by atoms with Crippen LogP contribution in [0.4, 0.5) is 74.6 Å². The van der Waals surface area contributed by atoms with Crippen molar-refractivity contribution in [3.05, 3.63) is 111 Å². The number of benzene rings is 4. The Bertz CT molecular complexity index is 1800. The lowest BCUT2D eigenvalue weighted by molar-refractivity contribution is 0.353. The zero-order valence-electron chi connectivity index (χ0n) is 20.0. The second kappa shape index (κ2) is 11.5. The predicted molar refractivity (Wildman–Crippen MR) is 111 cm³/mol. The van der Waals surface area contributed by atoms with Crippen molar-refractivity contribution in [2.45, 2.75) is 0 Å². The molecule has 4 aromatic rings. The molecule has 0 aromatic heterocycles. The van der Waals surface area contributed by atoms with Crippen molar-refractivity contribution in [3.8, 4) is 22.6 Å². The number of hydrogen-bond donors (Lipinski definition) is 0. The first-order valence-corrected chi connectivity index (χ1v) is 10.8. The molecule has 0 unspecified atom stereocenters. The van der Waals surface area contributed by atoms with Gasteiger partial charge >= 0.3 is 7.12 Å². The van der Waals surface area contributed by atoms with Gasteiger partial charge in [0, 0.05) is 12.1 Å². The first kappa shape index (κ1) is 32.3. The lowest BCUT2D eigenvalue weighted by Gasteiger charge is -2.22. The average molecular weight is 656 g/mol. The summed E-state index contributed by atoms with van der Waals surface area (Å²) in [4.78, 5) is 0. The Morgan fingerprint density at radius 3 is 1.23 bits per heavy atom. The predicted octanol–water partition coefficient (Wildman–Crippen LogP) is 7.57. The highest BCUT2D eigenvalue weighted by molar-refractivity contribution is 6.63. The molecule has 0 aliphatic rings. The van der Waals surface area contributed by atoms with Gasteiger partial charge in [-0.25, -0.2) is 65.9 Å². The standard InChI is InChI=1S/C24H2BF17O2/c26-3-1-4(27)9(28)5(2-3)43-25(8-13(32)18(37)21(40)19(38)14(8)33)44-24-7(12(31)17(36)22(41)23(24)42)6-10(29)15(34)20(39)16(35)11(6)30/h1-2H. The van der Waals surface area contributed by atoms with Crippen LogP contribution in [0.2, 0.25) is 0 Å². The van der Waals surface area contributed by atoms with Crippen LogP contribution in [0.3, 0.4) is 0 Å². The van der Waals surface area contributed by atoms with E-state index in [4.69, 9.17) is 0 Å². The van der Waals surface area contributed by atoms with Crippen molar-refractivity contribution in [1.29, 1.82) is 0 Å². The van der Waals surface area contributed by atoms with Gasteiger partial charge in [-0.05, 0) is 0 Å². The quantitative estimate of drug-likeness (QED) is 0.0924. The zero-order valence-corrected chi connectivity index (χ0v) is 20.0. The molecular formula is C24H2BF17O2. The van der Waals surface area contributed by atoms with Crippen LogP contribution in [0.1, 0.15) is 0 Å². The number of hydrogen-bond acceptors (Lipinski definition) is 2. The van der Waals surface area contributed by atoms with Gasteiger partial charge in [-0.3, -0.25) is 0 Å². The summed E-state index contributed by atoms with van der Waals surface area (Å²) >= 11 is 0. The topological polar surface area (TPSA) is 18.5 Å². The van der Waals surface area contributed by atoms with Gasteiger partial charge in [0.1, 0.15) is 11.6 Å². The minimum absolute atomic E-state index is 0.192. The molecule has 4 aromatic carbocycles. The van der Waals surface area contributed by atoms with Crippen LogP contribution in [0.15, 0.2) is 12.1 Å². The van der Waals surface area contributed by atoms with Crippen LogP contribution in [0.25, 0.3) is 11.1 Å². The summed E-state index contributed by atoms with van der Waals surface area (Å²) in [7, 11) is -3.80. The Kier molecular flexibility index (Phi) is 8.40. The van der Waals surface area contributed by atoms with Crippen LogP contribution in [0.5, 0.6) is 11.5 Å². The molecule has 0 aliphatic carbocycles. The van der Waals surface area contributed by atoms with Gasteiger partial charge in [0.2, 0.25) is 17.5 Å². The fraction of sp³-hybridized carbons (Fsp3) is 0. The Morgan fingerprint density at radius 1 is 0.364 bits per heavy atom. The van der Waals surface area contributed by atoms with Crippen molar-refractivity contribution in [2.75, 3.05) is 0 Å². The van der Waals surface area contributed by atoms with E-state index in [0.29, 0.717) is 0 Å². The van der Waals surface area contributed by atoms with Gasteiger partial charge in [0.25, 0.3) is 0 Å². The maximum absolute atomic E-state index is 14.9. The molecule has 0 saturated heterocycles. The summed E-state index contributed by atoms with van der Waals surface area (Å²) in [6, 6.07) is -0.393. The lowest BCUT2D eigenvalue weighted by Crippen LogP contribution is -2.48. The molecule has 0 saturated carbocycles. The molecular weight excluding hydrogens is 654 g/mol. The normalized spacial score (nSPS) is 11.3. The largest absolute Gasteiger partial charge is 0.639 e. The Balaban J connectivity index is 2.12. The van der Waals surface area contributed by atoms with Crippen LogP contribution in [-0.2, 0) is 0 Å². The van der Waals surface area contributed by atoms with Crippen LogP contribution < -0.4 is 14.8 Å². The Morgan fingerprint density at radius 2 is 0.750 bits per heavy atom. The average Bonchev–Trinajstić information content (AvgIpc) is 2.98. The molecule has 0 fully saturated rings. The van der Waals surface area contributed by atoms with Gasteiger partial charge in [-0.1, -0.05) is 0 Å². The zero-order chi connectivity index (χ0) is 33.1. The molecule has 0 N–H and O–H groups in total. The van der Waals surface area contributed by atoms with Gasteiger partial charge in [0.05, 0.1) is 16.6 Å². The smallest absolute Gasteiger partial charge is 0.519 e. The Hall–Kier alpha value is -4.65. The molecule has 0 atom stereocenters. The van der Waals surface area contributed by atoms with Crippen molar-refractivity contribution in [2.24, 2.45) is 0 Å². The molecule has 0 heterocycles. The maximum atomic E-state index is 14.9. The fourth-order valence-corrected chi connectivity index (χ4v) is 3.58. The van der Waals surface area contributed by atoms with Crippen LogP contribution in [0, 0.1) is 98.9 Å². The number of halogens is 17. The van der Waals surface area contributed by atoms with Gasteiger partial charge < -0.3 is 9.31 Å². The molecule has 2 nitrogen and oxygen atoms in total. The van der Waals surface area contributed by atoms with E-state index in [2.05, 4.69) is 9.31 Å². The lowest BCUT2D eigenvalue weighted by atomic mass is 9.77.